The van der Waals surface area contributed by atoms with Crippen molar-refractivity contribution in [2.24, 2.45) is 29.1 Å². The molecule has 0 aromatic heterocycles. The van der Waals surface area contributed by atoms with Gasteiger partial charge in [0.2, 0.25) is 0 Å². The molecule has 5 nitrogen and oxygen atoms in total. The molecule has 0 aromatic rings. The number of carbonyl (C=O) groups excluding carboxylic acids is 1. The Morgan fingerprint density at radius 2 is 2.00 bits per heavy atom. The molecule has 4 fully saturated rings. The summed E-state index contributed by atoms with van der Waals surface area (Å²) < 4.78 is 5.28. The van der Waals surface area contributed by atoms with Gasteiger partial charge in [-0.15, -0.1) is 0 Å². The number of esters is 1. The Labute approximate surface area is 198 Å². The molecule has 1 heterocycles. The normalized spacial score (nSPS) is 45.2. The van der Waals surface area contributed by atoms with E-state index in [0.717, 1.165) is 24.0 Å². The van der Waals surface area contributed by atoms with Crippen LogP contribution in [0.25, 0.3) is 0 Å². The molecule has 0 radical (unpaired) electrons. The van der Waals surface area contributed by atoms with Crippen molar-refractivity contribution < 1.29 is 24.9 Å². The van der Waals surface area contributed by atoms with Gasteiger partial charge in [-0.2, -0.15) is 0 Å². The van der Waals surface area contributed by atoms with Crippen LogP contribution in [0, 0.1) is 29.1 Å². The van der Waals surface area contributed by atoms with Crippen molar-refractivity contribution >= 4 is 5.97 Å². The van der Waals surface area contributed by atoms with Gasteiger partial charge in [-0.25, -0.2) is 4.79 Å². The van der Waals surface area contributed by atoms with Crippen LogP contribution in [0.1, 0.15) is 78.6 Å². The number of fused-ring (bicyclic) bond motifs is 1. The average Bonchev–Trinajstić information content (AvgIpc) is 3.09. The van der Waals surface area contributed by atoms with Crippen molar-refractivity contribution in [3.8, 4) is 0 Å². The first kappa shape index (κ1) is 24.7. The van der Waals surface area contributed by atoms with Crippen LogP contribution >= 0.6 is 0 Å². The Hall–Kier alpha value is -1.43. The Bertz CT molecular complexity index is 839. The van der Waals surface area contributed by atoms with Crippen LogP contribution < -0.4 is 0 Å². The monoisotopic (exact) mass is 458 g/mol. The minimum absolute atomic E-state index is 0.217. The van der Waals surface area contributed by atoms with Gasteiger partial charge in [-0.1, -0.05) is 38.2 Å². The Balaban J connectivity index is 1.46. The number of aliphatic hydroxyl groups excluding tert-OH is 2. The molecule has 4 aliphatic rings. The highest BCUT2D eigenvalue weighted by atomic mass is 16.6. The molecule has 33 heavy (non-hydrogen) atoms. The highest BCUT2D eigenvalue weighted by Crippen LogP contribution is 2.60. The van der Waals surface area contributed by atoms with Crippen molar-refractivity contribution in [2.45, 2.75) is 96.4 Å². The van der Waals surface area contributed by atoms with Crippen molar-refractivity contribution in [1.29, 1.82) is 0 Å². The molecule has 184 valence electrons. The van der Waals surface area contributed by atoms with E-state index in [9.17, 15) is 20.1 Å². The van der Waals surface area contributed by atoms with Crippen molar-refractivity contribution in [2.75, 3.05) is 6.61 Å². The third kappa shape index (κ3) is 4.87. The second-order valence-corrected chi connectivity index (χ2v) is 11.8. The molecule has 3 N–H and O–H groups in total. The zero-order chi connectivity index (χ0) is 24.0. The minimum Gasteiger partial charge on any atom is -0.463 e. The van der Waals surface area contributed by atoms with Crippen LogP contribution in [0.4, 0.5) is 0 Å². The summed E-state index contributed by atoms with van der Waals surface area (Å²) in [5, 5.41) is 30.6. The number of aliphatic hydroxyl groups is 3. The van der Waals surface area contributed by atoms with Crippen LogP contribution in [0.3, 0.4) is 0 Å². The van der Waals surface area contributed by atoms with Crippen LogP contribution in [0.5, 0.6) is 0 Å². The number of hydrogen-bond acceptors (Lipinski definition) is 5. The van der Waals surface area contributed by atoms with Crippen LogP contribution in [-0.2, 0) is 9.53 Å². The van der Waals surface area contributed by atoms with E-state index in [-0.39, 0.29) is 11.3 Å². The number of hydrogen-bond donors (Lipinski definition) is 3. The maximum absolute atomic E-state index is 11.8. The molecule has 1 saturated heterocycles. The Kier molecular flexibility index (Phi) is 6.97. The fourth-order valence-corrected chi connectivity index (χ4v) is 7.57. The van der Waals surface area contributed by atoms with Gasteiger partial charge in [0.05, 0.1) is 18.8 Å². The predicted octanol–water partition coefficient (Wildman–Crippen LogP) is 4.47. The molecule has 0 spiro atoms. The van der Waals surface area contributed by atoms with E-state index in [0.29, 0.717) is 43.6 Å². The SMILES string of the molecule is C=C1/C(=C\C=C2/CCC[C@@]3(C)C2CC[C@@H]3[C@H](C)CC2COC(=O)[C@](C)(O)C2)C[C@@H](O)C[C@@H]1O. The first-order chi connectivity index (χ1) is 15.5. The molecule has 3 saturated carbocycles. The molecule has 3 aliphatic carbocycles. The molecular weight excluding hydrogens is 416 g/mol. The van der Waals surface area contributed by atoms with E-state index in [1.54, 1.807) is 6.92 Å². The second-order valence-electron chi connectivity index (χ2n) is 11.8. The zero-order valence-electron chi connectivity index (χ0n) is 20.6. The molecule has 8 atom stereocenters. The smallest absolute Gasteiger partial charge is 0.337 e. The van der Waals surface area contributed by atoms with E-state index in [4.69, 9.17) is 4.74 Å². The molecular formula is C28H42O5. The summed E-state index contributed by atoms with van der Waals surface area (Å²) in [5.41, 5.74) is 2.13. The fraction of sp³-hybridized carbons (Fsp3) is 0.750. The first-order valence-corrected chi connectivity index (χ1v) is 12.9. The molecule has 0 amide bonds. The fourth-order valence-electron chi connectivity index (χ4n) is 7.57. The van der Waals surface area contributed by atoms with Gasteiger partial charge in [-0.3, -0.25) is 0 Å². The molecule has 0 aromatic carbocycles. The van der Waals surface area contributed by atoms with Gasteiger partial charge < -0.3 is 20.1 Å². The van der Waals surface area contributed by atoms with Crippen LogP contribution in [0.15, 0.2) is 35.5 Å². The number of carbonyl (C=O) groups is 1. The highest BCUT2D eigenvalue weighted by Gasteiger charge is 2.51. The summed E-state index contributed by atoms with van der Waals surface area (Å²) in [4.78, 5) is 11.8. The maximum atomic E-state index is 11.8. The topological polar surface area (TPSA) is 87.0 Å². The van der Waals surface area contributed by atoms with Crippen LogP contribution in [-0.4, -0.2) is 45.7 Å². The van der Waals surface area contributed by atoms with Gasteiger partial charge in [0, 0.05) is 6.42 Å². The average molecular weight is 459 g/mol. The quantitative estimate of drug-likeness (QED) is 0.541. The molecule has 1 aliphatic heterocycles. The van der Waals surface area contributed by atoms with Gasteiger partial charge in [0.25, 0.3) is 0 Å². The number of ether oxygens (including phenoxy) is 1. The Morgan fingerprint density at radius 1 is 1.24 bits per heavy atom. The lowest BCUT2D eigenvalue weighted by molar-refractivity contribution is -0.177. The highest BCUT2D eigenvalue weighted by molar-refractivity contribution is 5.79. The summed E-state index contributed by atoms with van der Waals surface area (Å²) in [6, 6.07) is 0. The summed E-state index contributed by atoms with van der Waals surface area (Å²) in [5.74, 6) is 1.42. The van der Waals surface area contributed by atoms with Gasteiger partial charge in [-0.05, 0) is 98.5 Å². The lowest BCUT2D eigenvalue weighted by Gasteiger charge is -2.45. The molecule has 4 rings (SSSR count). The van der Waals surface area contributed by atoms with Gasteiger partial charge >= 0.3 is 5.97 Å². The zero-order valence-corrected chi connectivity index (χ0v) is 20.6. The lowest BCUT2D eigenvalue weighted by atomic mass is 9.60. The largest absolute Gasteiger partial charge is 0.463 e. The standard InChI is InChI=1S/C28H42O5/c1-17(12-19-15-28(4,32)26(31)33-16-19)23-9-10-24-20(6-5-11-27(23,24)3)7-8-21-13-22(29)14-25(30)18(21)2/h7-8,17,19,22-25,29-30,32H,2,5-6,9-16H2,1,3-4H3/b20-7+,21-8-/t17-,19?,22-,23-,24?,25+,27-,28-/m1/s1. The maximum Gasteiger partial charge on any atom is 0.337 e. The molecule has 2 unspecified atom stereocenters. The van der Waals surface area contributed by atoms with Gasteiger partial charge in [0.1, 0.15) is 0 Å². The van der Waals surface area contributed by atoms with Crippen molar-refractivity contribution in [1.82, 2.24) is 0 Å². The van der Waals surface area contributed by atoms with E-state index < -0.39 is 23.8 Å². The third-order valence-electron chi connectivity index (χ3n) is 9.27. The Morgan fingerprint density at radius 3 is 2.73 bits per heavy atom. The number of cyclic esters (lactones) is 1. The van der Waals surface area contributed by atoms with Crippen molar-refractivity contribution in [3.05, 3.63) is 35.5 Å². The van der Waals surface area contributed by atoms with E-state index >= 15 is 0 Å². The summed E-state index contributed by atoms with van der Waals surface area (Å²) in [6.45, 7) is 10.9. The summed E-state index contributed by atoms with van der Waals surface area (Å²) in [6.07, 6.45) is 11.6. The molecule has 0 bridgehead atoms. The van der Waals surface area contributed by atoms with E-state index in [2.05, 4.69) is 32.6 Å². The lowest BCUT2D eigenvalue weighted by Crippen LogP contribution is -2.45. The van der Waals surface area contributed by atoms with Gasteiger partial charge in [0.15, 0.2) is 5.60 Å². The first-order valence-electron chi connectivity index (χ1n) is 12.9. The minimum atomic E-state index is -1.36. The summed E-state index contributed by atoms with van der Waals surface area (Å²) in [7, 11) is 0. The number of allylic oxidation sites excluding steroid dienone is 3. The summed E-state index contributed by atoms with van der Waals surface area (Å²) >= 11 is 0. The molecule has 5 heteroatoms. The second kappa shape index (κ2) is 9.31. The number of rotatable bonds is 4. The predicted molar refractivity (Wildman–Crippen MR) is 128 cm³/mol. The van der Waals surface area contributed by atoms with Crippen LogP contribution in [0.2, 0.25) is 0 Å². The third-order valence-corrected chi connectivity index (χ3v) is 9.27. The van der Waals surface area contributed by atoms with Crippen molar-refractivity contribution in [3.63, 3.8) is 0 Å². The van der Waals surface area contributed by atoms with E-state index in [1.807, 2.05) is 0 Å². The van der Waals surface area contributed by atoms with E-state index in [1.165, 1.54) is 31.3 Å².